The summed E-state index contributed by atoms with van der Waals surface area (Å²) in [5.74, 6) is 1.55. The molecule has 1 fully saturated rings. The maximum absolute atomic E-state index is 9.54. The molecule has 4 nitrogen and oxygen atoms in total. The van der Waals surface area contributed by atoms with Gasteiger partial charge in [-0.15, -0.1) is 0 Å². The summed E-state index contributed by atoms with van der Waals surface area (Å²) >= 11 is 6.03. The molecule has 1 N–H and O–H groups in total. The SMILES string of the molecule is CC(C)(C)c1nc(Cl)cc(N2CCC(O)C2)n1. The van der Waals surface area contributed by atoms with Gasteiger partial charge in [-0.2, -0.15) is 0 Å². The third-order valence-electron chi connectivity index (χ3n) is 2.84. The fourth-order valence-electron chi connectivity index (χ4n) is 1.85. The van der Waals surface area contributed by atoms with E-state index in [0.29, 0.717) is 11.7 Å². The van der Waals surface area contributed by atoms with Gasteiger partial charge in [-0.25, -0.2) is 9.97 Å². The third-order valence-corrected chi connectivity index (χ3v) is 3.03. The van der Waals surface area contributed by atoms with E-state index in [1.807, 2.05) is 4.90 Å². The molecule has 0 bridgehead atoms. The second kappa shape index (κ2) is 4.42. The minimum Gasteiger partial charge on any atom is -0.391 e. The zero-order valence-corrected chi connectivity index (χ0v) is 11.2. The van der Waals surface area contributed by atoms with Crippen LogP contribution in [-0.2, 0) is 5.41 Å². The van der Waals surface area contributed by atoms with Gasteiger partial charge in [-0.1, -0.05) is 32.4 Å². The van der Waals surface area contributed by atoms with Crippen molar-refractivity contribution in [2.75, 3.05) is 18.0 Å². The molecule has 1 aromatic rings. The van der Waals surface area contributed by atoms with Crippen LogP contribution in [0.3, 0.4) is 0 Å². The number of rotatable bonds is 1. The summed E-state index contributed by atoms with van der Waals surface area (Å²) < 4.78 is 0. The van der Waals surface area contributed by atoms with Crippen molar-refractivity contribution >= 4 is 17.4 Å². The normalized spacial score (nSPS) is 21.0. The molecule has 2 rings (SSSR count). The smallest absolute Gasteiger partial charge is 0.137 e. The molecule has 0 radical (unpaired) electrons. The summed E-state index contributed by atoms with van der Waals surface area (Å²) in [5.41, 5.74) is -0.127. The number of β-amino-alcohol motifs (C(OH)–C–C–N with tert-alkyl or cyclic N) is 1. The number of anilines is 1. The van der Waals surface area contributed by atoms with Gasteiger partial charge in [0.25, 0.3) is 0 Å². The van der Waals surface area contributed by atoms with Crippen molar-refractivity contribution in [2.45, 2.75) is 38.7 Å². The Balaban J connectivity index is 2.32. The summed E-state index contributed by atoms with van der Waals surface area (Å²) in [5, 5.41) is 10.0. The number of hydrogen-bond acceptors (Lipinski definition) is 4. The molecule has 94 valence electrons. The van der Waals surface area contributed by atoms with Crippen LogP contribution >= 0.6 is 11.6 Å². The van der Waals surface area contributed by atoms with Gasteiger partial charge in [0.05, 0.1) is 6.10 Å². The molecular weight excluding hydrogens is 238 g/mol. The van der Waals surface area contributed by atoms with E-state index in [1.165, 1.54) is 0 Å². The van der Waals surface area contributed by atoms with E-state index in [2.05, 4.69) is 30.7 Å². The van der Waals surface area contributed by atoms with Gasteiger partial charge in [0.15, 0.2) is 0 Å². The van der Waals surface area contributed by atoms with Crippen molar-refractivity contribution in [3.05, 3.63) is 17.0 Å². The molecule has 2 heterocycles. The third kappa shape index (κ3) is 2.87. The Labute approximate surface area is 107 Å². The Morgan fingerprint density at radius 1 is 1.41 bits per heavy atom. The first-order chi connectivity index (χ1) is 7.86. The Morgan fingerprint density at radius 2 is 2.12 bits per heavy atom. The molecule has 0 aliphatic carbocycles. The summed E-state index contributed by atoms with van der Waals surface area (Å²) in [4.78, 5) is 10.9. The summed E-state index contributed by atoms with van der Waals surface area (Å²) in [6.07, 6.45) is 0.522. The highest BCUT2D eigenvalue weighted by atomic mass is 35.5. The number of aliphatic hydroxyl groups is 1. The van der Waals surface area contributed by atoms with Crippen LogP contribution in [0.2, 0.25) is 5.15 Å². The number of hydrogen-bond donors (Lipinski definition) is 1. The maximum atomic E-state index is 9.54. The highest BCUT2D eigenvalue weighted by Crippen LogP contribution is 2.25. The molecule has 0 saturated carbocycles. The van der Waals surface area contributed by atoms with Crippen molar-refractivity contribution < 1.29 is 5.11 Å². The number of aliphatic hydroxyl groups excluding tert-OH is 1. The molecular formula is C12H18ClN3O. The highest BCUT2D eigenvalue weighted by molar-refractivity contribution is 6.29. The molecule has 0 aromatic carbocycles. The lowest BCUT2D eigenvalue weighted by atomic mass is 9.96. The van der Waals surface area contributed by atoms with Crippen LogP contribution in [0.15, 0.2) is 6.07 Å². The van der Waals surface area contributed by atoms with Crippen LogP contribution in [0.1, 0.15) is 33.0 Å². The average Bonchev–Trinajstić information content (AvgIpc) is 2.62. The van der Waals surface area contributed by atoms with E-state index < -0.39 is 0 Å². The number of nitrogens with zero attached hydrogens (tertiary/aromatic N) is 3. The molecule has 1 aromatic heterocycles. The van der Waals surface area contributed by atoms with E-state index in [4.69, 9.17) is 11.6 Å². The Bertz CT molecular complexity index is 417. The van der Waals surface area contributed by atoms with E-state index in [9.17, 15) is 5.11 Å². The fourth-order valence-corrected chi connectivity index (χ4v) is 2.03. The van der Waals surface area contributed by atoms with Crippen molar-refractivity contribution in [3.63, 3.8) is 0 Å². The van der Waals surface area contributed by atoms with Gasteiger partial charge in [-0.3, -0.25) is 0 Å². The van der Waals surface area contributed by atoms with Crippen LogP contribution in [0, 0.1) is 0 Å². The monoisotopic (exact) mass is 255 g/mol. The van der Waals surface area contributed by atoms with Crippen LogP contribution in [0.4, 0.5) is 5.82 Å². The van der Waals surface area contributed by atoms with Gasteiger partial charge < -0.3 is 10.0 Å². The number of aromatic nitrogens is 2. The molecule has 1 aliphatic heterocycles. The lowest BCUT2D eigenvalue weighted by molar-refractivity contribution is 0.198. The largest absolute Gasteiger partial charge is 0.391 e. The van der Waals surface area contributed by atoms with Crippen LogP contribution < -0.4 is 4.90 Å². The van der Waals surface area contributed by atoms with Gasteiger partial charge in [0, 0.05) is 24.6 Å². The number of halogens is 1. The van der Waals surface area contributed by atoms with Crippen molar-refractivity contribution in [2.24, 2.45) is 0 Å². The lowest BCUT2D eigenvalue weighted by Crippen LogP contribution is -2.25. The van der Waals surface area contributed by atoms with Crippen LogP contribution in [-0.4, -0.2) is 34.3 Å². The summed E-state index contributed by atoms with van der Waals surface area (Å²) in [7, 11) is 0. The minimum absolute atomic E-state index is 0.127. The molecule has 1 aliphatic rings. The van der Waals surface area contributed by atoms with Gasteiger partial charge in [-0.05, 0) is 6.42 Å². The maximum Gasteiger partial charge on any atom is 0.137 e. The molecule has 0 amide bonds. The Morgan fingerprint density at radius 3 is 2.65 bits per heavy atom. The zero-order valence-electron chi connectivity index (χ0n) is 10.4. The predicted molar refractivity (Wildman–Crippen MR) is 68.6 cm³/mol. The van der Waals surface area contributed by atoms with Crippen LogP contribution in [0.25, 0.3) is 0 Å². The van der Waals surface area contributed by atoms with Crippen molar-refractivity contribution in [1.82, 2.24) is 9.97 Å². The first-order valence-corrected chi connectivity index (χ1v) is 6.22. The quantitative estimate of drug-likeness (QED) is 0.780. The molecule has 1 atom stereocenters. The van der Waals surface area contributed by atoms with Crippen LogP contribution in [0.5, 0.6) is 0 Å². The van der Waals surface area contributed by atoms with Gasteiger partial charge >= 0.3 is 0 Å². The van der Waals surface area contributed by atoms with Crippen molar-refractivity contribution in [1.29, 1.82) is 0 Å². The Hall–Kier alpha value is -0.870. The lowest BCUT2D eigenvalue weighted by Gasteiger charge is -2.21. The topological polar surface area (TPSA) is 49.2 Å². The van der Waals surface area contributed by atoms with E-state index in [1.54, 1.807) is 6.07 Å². The molecule has 5 heteroatoms. The molecule has 17 heavy (non-hydrogen) atoms. The molecule has 1 unspecified atom stereocenters. The summed E-state index contributed by atoms with van der Waals surface area (Å²) in [6, 6.07) is 1.76. The predicted octanol–water partition coefficient (Wildman–Crippen LogP) is 2.00. The molecule has 1 saturated heterocycles. The zero-order chi connectivity index (χ0) is 12.6. The van der Waals surface area contributed by atoms with Gasteiger partial charge in [0.2, 0.25) is 0 Å². The Kier molecular flexibility index (Phi) is 3.27. The first-order valence-electron chi connectivity index (χ1n) is 5.84. The van der Waals surface area contributed by atoms with Gasteiger partial charge in [0.1, 0.15) is 16.8 Å². The first kappa shape index (κ1) is 12.6. The van der Waals surface area contributed by atoms with E-state index >= 15 is 0 Å². The van der Waals surface area contributed by atoms with E-state index in [0.717, 1.165) is 24.6 Å². The fraction of sp³-hybridized carbons (Fsp3) is 0.667. The van der Waals surface area contributed by atoms with E-state index in [-0.39, 0.29) is 11.5 Å². The standard InChI is InChI=1S/C12H18ClN3O/c1-12(2,3)11-14-9(13)6-10(15-11)16-5-4-8(17)7-16/h6,8,17H,4-5,7H2,1-3H3. The average molecular weight is 256 g/mol. The second-order valence-electron chi connectivity index (χ2n) is 5.51. The second-order valence-corrected chi connectivity index (χ2v) is 5.90. The van der Waals surface area contributed by atoms with Crippen molar-refractivity contribution in [3.8, 4) is 0 Å². The summed E-state index contributed by atoms with van der Waals surface area (Å²) in [6.45, 7) is 7.61. The highest BCUT2D eigenvalue weighted by Gasteiger charge is 2.24. The molecule has 0 spiro atoms. The minimum atomic E-state index is -0.262.